The fraction of sp³-hybridized carbons (Fsp3) is 0.263. The monoisotopic (exact) mass is 320 g/mol. The Morgan fingerprint density at radius 3 is 2.83 bits per heavy atom. The molecule has 0 unspecified atom stereocenters. The number of fused-ring (bicyclic) bond motifs is 2. The number of ether oxygens (including phenoxy) is 1. The number of amides is 1. The van der Waals surface area contributed by atoms with Crippen molar-refractivity contribution in [3.8, 4) is 0 Å². The molecule has 2 aromatic carbocycles. The number of benzene rings is 2. The van der Waals surface area contributed by atoms with E-state index in [4.69, 9.17) is 4.74 Å². The lowest BCUT2D eigenvalue weighted by molar-refractivity contribution is -0.313. The van der Waals surface area contributed by atoms with Crippen LogP contribution in [0.1, 0.15) is 0 Å². The Hall–Kier alpha value is -2.66. The molecule has 2 saturated heterocycles. The van der Waals surface area contributed by atoms with Crippen LogP contribution in [-0.4, -0.2) is 30.1 Å². The third-order valence-electron chi connectivity index (χ3n) is 5.43. The maximum atomic E-state index is 13.1. The van der Waals surface area contributed by atoms with Gasteiger partial charge in [0.2, 0.25) is 5.91 Å². The molecule has 5 nitrogen and oxygen atoms in total. The fourth-order valence-electron chi connectivity index (χ4n) is 4.41. The first-order valence-electron chi connectivity index (χ1n) is 7.98. The Balaban J connectivity index is 1.64. The van der Waals surface area contributed by atoms with Gasteiger partial charge in [-0.1, -0.05) is 48.6 Å². The molecular formula is C19H14NO4-. The van der Waals surface area contributed by atoms with Gasteiger partial charge < -0.3 is 19.5 Å². The molecular weight excluding hydrogens is 306 g/mol. The van der Waals surface area contributed by atoms with Gasteiger partial charge in [0, 0.05) is 17.3 Å². The Kier molecular flexibility index (Phi) is 2.55. The molecule has 3 heterocycles. The highest BCUT2D eigenvalue weighted by Gasteiger charge is 2.65. The van der Waals surface area contributed by atoms with Gasteiger partial charge >= 0.3 is 0 Å². The molecule has 2 aromatic rings. The molecule has 3 aliphatic rings. The normalized spacial score (nSPS) is 33.4. The number of carboxylic acids is 1. The predicted octanol–water partition coefficient (Wildman–Crippen LogP) is 0.876. The molecule has 5 rings (SSSR count). The van der Waals surface area contributed by atoms with Crippen LogP contribution in [0.25, 0.3) is 10.8 Å². The van der Waals surface area contributed by atoms with Gasteiger partial charge in [-0.15, -0.1) is 0 Å². The fourth-order valence-corrected chi connectivity index (χ4v) is 4.41. The Labute approximate surface area is 138 Å². The molecule has 1 spiro atoms. The molecule has 2 fully saturated rings. The lowest BCUT2D eigenvalue weighted by Gasteiger charge is -2.24. The Morgan fingerprint density at radius 1 is 1.21 bits per heavy atom. The van der Waals surface area contributed by atoms with Gasteiger partial charge in [-0.05, 0) is 11.5 Å². The summed E-state index contributed by atoms with van der Waals surface area (Å²) in [5.41, 5.74) is -0.0527. The Morgan fingerprint density at radius 2 is 2.00 bits per heavy atom. The van der Waals surface area contributed by atoms with Crippen molar-refractivity contribution in [1.29, 1.82) is 0 Å². The van der Waals surface area contributed by atoms with E-state index < -0.39 is 29.5 Å². The summed E-state index contributed by atoms with van der Waals surface area (Å²) >= 11 is 0. The van der Waals surface area contributed by atoms with Crippen LogP contribution in [0, 0.1) is 11.8 Å². The number of rotatable bonds is 2. The molecule has 0 aromatic heterocycles. The number of hydrogen-bond acceptors (Lipinski definition) is 4. The van der Waals surface area contributed by atoms with Gasteiger partial charge in [0.15, 0.2) is 0 Å². The van der Waals surface area contributed by atoms with E-state index in [-0.39, 0.29) is 5.91 Å². The largest absolute Gasteiger partial charge is 0.550 e. The zero-order chi connectivity index (χ0) is 16.5. The van der Waals surface area contributed by atoms with Crippen molar-refractivity contribution in [2.75, 3.05) is 11.4 Å². The van der Waals surface area contributed by atoms with Crippen LogP contribution in [0.3, 0.4) is 0 Å². The molecule has 0 saturated carbocycles. The highest BCUT2D eigenvalue weighted by molar-refractivity contribution is 6.08. The van der Waals surface area contributed by atoms with Gasteiger partial charge in [0.05, 0.1) is 24.3 Å². The van der Waals surface area contributed by atoms with Crippen LogP contribution in [0.15, 0.2) is 54.6 Å². The highest BCUT2D eigenvalue weighted by atomic mass is 16.5. The molecule has 0 N–H and O–H groups in total. The smallest absolute Gasteiger partial charge is 0.234 e. The lowest BCUT2D eigenvalue weighted by Crippen LogP contribution is -2.45. The van der Waals surface area contributed by atoms with Crippen molar-refractivity contribution in [2.45, 2.75) is 11.7 Å². The van der Waals surface area contributed by atoms with Crippen LogP contribution < -0.4 is 10.0 Å². The van der Waals surface area contributed by atoms with Gasteiger partial charge in [-0.3, -0.25) is 4.79 Å². The second-order valence-corrected chi connectivity index (χ2v) is 6.64. The van der Waals surface area contributed by atoms with Crippen molar-refractivity contribution in [1.82, 2.24) is 0 Å². The van der Waals surface area contributed by atoms with E-state index in [9.17, 15) is 14.7 Å². The van der Waals surface area contributed by atoms with Gasteiger partial charge in [0.1, 0.15) is 5.60 Å². The second kappa shape index (κ2) is 4.45. The topological polar surface area (TPSA) is 69.7 Å². The van der Waals surface area contributed by atoms with Gasteiger partial charge in [-0.25, -0.2) is 0 Å². The molecule has 120 valence electrons. The molecule has 0 aliphatic carbocycles. The molecule has 3 aliphatic heterocycles. The number of nitrogens with zero attached hydrogens (tertiary/aromatic N) is 1. The summed E-state index contributed by atoms with van der Waals surface area (Å²) in [6.07, 6.45) is 3.04. The third kappa shape index (κ3) is 1.57. The summed E-state index contributed by atoms with van der Waals surface area (Å²) in [6.45, 7) is 0.335. The summed E-state index contributed by atoms with van der Waals surface area (Å²) in [7, 11) is 0. The van der Waals surface area contributed by atoms with Crippen molar-refractivity contribution < 1.29 is 19.4 Å². The van der Waals surface area contributed by atoms with E-state index in [2.05, 4.69) is 0 Å². The Bertz CT molecular complexity index is 915. The molecule has 24 heavy (non-hydrogen) atoms. The van der Waals surface area contributed by atoms with Crippen LogP contribution in [0.2, 0.25) is 0 Å². The summed E-state index contributed by atoms with van der Waals surface area (Å²) in [5.74, 6) is -3.05. The van der Waals surface area contributed by atoms with Crippen molar-refractivity contribution in [3.05, 3.63) is 54.6 Å². The molecule has 1 amide bonds. The average Bonchev–Trinajstić information content (AvgIpc) is 3.22. The maximum absolute atomic E-state index is 13.1. The summed E-state index contributed by atoms with van der Waals surface area (Å²) in [5, 5.41) is 13.5. The molecule has 2 bridgehead atoms. The number of carbonyl (C=O) groups is 2. The SMILES string of the molecule is O=C([O-])[C@H]1[C@@H]2C=C[C@@]3(CN(c4cccc5ccccc45)C(=O)[C@@H]13)O2. The van der Waals surface area contributed by atoms with Crippen LogP contribution in [0.5, 0.6) is 0 Å². The first-order chi connectivity index (χ1) is 11.6. The summed E-state index contributed by atoms with van der Waals surface area (Å²) in [6, 6.07) is 13.6. The van der Waals surface area contributed by atoms with E-state index >= 15 is 0 Å². The summed E-state index contributed by atoms with van der Waals surface area (Å²) in [4.78, 5) is 26.2. The zero-order valence-corrected chi connectivity index (χ0v) is 12.7. The van der Waals surface area contributed by atoms with Crippen LogP contribution >= 0.6 is 0 Å². The minimum atomic E-state index is -1.22. The minimum absolute atomic E-state index is 0.201. The van der Waals surface area contributed by atoms with Crippen molar-refractivity contribution >= 4 is 28.3 Å². The quantitative estimate of drug-likeness (QED) is 0.770. The third-order valence-corrected chi connectivity index (χ3v) is 5.43. The van der Waals surface area contributed by atoms with E-state index in [1.807, 2.05) is 48.5 Å². The van der Waals surface area contributed by atoms with Gasteiger partial charge in [-0.2, -0.15) is 0 Å². The second-order valence-electron chi connectivity index (χ2n) is 6.64. The first-order valence-corrected chi connectivity index (χ1v) is 7.98. The lowest BCUT2D eigenvalue weighted by atomic mass is 9.77. The predicted molar refractivity (Wildman–Crippen MR) is 85.0 cm³/mol. The highest BCUT2D eigenvalue weighted by Crippen LogP contribution is 2.52. The van der Waals surface area contributed by atoms with Crippen LogP contribution in [-0.2, 0) is 14.3 Å². The van der Waals surface area contributed by atoms with E-state index in [1.165, 1.54) is 0 Å². The minimum Gasteiger partial charge on any atom is -0.550 e. The zero-order valence-electron chi connectivity index (χ0n) is 12.7. The van der Waals surface area contributed by atoms with Crippen molar-refractivity contribution in [3.63, 3.8) is 0 Å². The molecule has 5 heteroatoms. The standard InChI is InChI=1S/C19H15NO4/c21-17-16-15(18(22)23)14-8-9-19(16,24-14)10-20(17)13-7-3-5-11-4-1-2-6-12(11)13/h1-9,14-16H,10H2,(H,22,23)/p-1/t14-,15-,16+,19-/m0/s1. The number of aliphatic carboxylic acids is 1. The number of anilines is 1. The number of carboxylic acid groups (broad SMARTS) is 1. The molecule has 0 radical (unpaired) electrons. The number of carbonyl (C=O) groups excluding carboxylic acids is 2. The average molecular weight is 320 g/mol. The van der Waals surface area contributed by atoms with E-state index in [0.29, 0.717) is 6.54 Å². The van der Waals surface area contributed by atoms with Gasteiger partial charge in [0.25, 0.3) is 0 Å². The van der Waals surface area contributed by atoms with Crippen LogP contribution in [0.4, 0.5) is 5.69 Å². The first kappa shape index (κ1) is 13.7. The van der Waals surface area contributed by atoms with E-state index in [0.717, 1.165) is 16.5 Å². The summed E-state index contributed by atoms with van der Waals surface area (Å²) < 4.78 is 5.90. The number of hydrogen-bond donors (Lipinski definition) is 0. The van der Waals surface area contributed by atoms with E-state index in [1.54, 1.807) is 11.0 Å². The maximum Gasteiger partial charge on any atom is 0.234 e. The molecule has 4 atom stereocenters. The van der Waals surface area contributed by atoms with Crippen molar-refractivity contribution in [2.24, 2.45) is 11.8 Å².